The van der Waals surface area contributed by atoms with Crippen LogP contribution in [-0.2, 0) is 0 Å². The molecule has 7 nitrogen and oxygen atoms in total. The van der Waals surface area contributed by atoms with Crippen LogP contribution in [0.25, 0.3) is 10.9 Å². The molecule has 0 radical (unpaired) electrons. The van der Waals surface area contributed by atoms with Crippen molar-refractivity contribution >= 4 is 33.9 Å². The number of nitrogens with zero attached hydrogens (tertiary/aromatic N) is 3. The third-order valence-corrected chi connectivity index (χ3v) is 5.55. The minimum absolute atomic E-state index is 0.0245. The molecule has 4 rings (SSSR count). The number of benzene rings is 2. The lowest BCUT2D eigenvalue weighted by Crippen LogP contribution is -2.44. The van der Waals surface area contributed by atoms with Crippen molar-refractivity contribution in [2.75, 3.05) is 50.1 Å². The normalized spacial score (nSPS) is 14.6. The van der Waals surface area contributed by atoms with E-state index < -0.39 is 17.5 Å². The smallest absolute Gasteiger partial charge is 0.252 e. The molecular weight excluding hydrogens is 416 g/mol. The standard InChI is InChI=1S/C23H25F2N5O2/c1-3-32-21-12-19-15(11-20(21)30-8-6-29(2)7-9-30)22(16(13-27-19)23(26)31)28-18-5-4-14(24)10-17(18)25/h4-5,10-13H,3,6-9H2,1-2H3,(H2,26,31)(H,27,28). The molecule has 1 aliphatic heterocycles. The number of nitrogens with two attached hydrogens (primary N) is 1. The van der Waals surface area contributed by atoms with Crippen LogP contribution >= 0.6 is 0 Å². The number of nitrogens with one attached hydrogen (secondary N) is 1. The summed E-state index contributed by atoms with van der Waals surface area (Å²) < 4.78 is 33.6. The summed E-state index contributed by atoms with van der Waals surface area (Å²) in [5.41, 5.74) is 7.44. The molecule has 0 spiro atoms. The van der Waals surface area contributed by atoms with E-state index in [0.717, 1.165) is 44.0 Å². The topological polar surface area (TPSA) is 83.7 Å². The van der Waals surface area contributed by atoms with Crippen LogP contribution in [0, 0.1) is 11.6 Å². The number of amides is 1. The van der Waals surface area contributed by atoms with Crippen molar-refractivity contribution in [3.63, 3.8) is 0 Å². The first-order valence-corrected chi connectivity index (χ1v) is 10.4. The molecule has 0 atom stereocenters. The molecule has 1 fully saturated rings. The number of hydrogen-bond acceptors (Lipinski definition) is 6. The second-order valence-corrected chi connectivity index (χ2v) is 7.72. The van der Waals surface area contributed by atoms with Crippen molar-refractivity contribution < 1.29 is 18.3 Å². The van der Waals surface area contributed by atoms with E-state index in [1.54, 1.807) is 0 Å². The lowest BCUT2D eigenvalue weighted by molar-refractivity contribution is 0.100. The van der Waals surface area contributed by atoms with Crippen LogP contribution in [0.15, 0.2) is 36.5 Å². The van der Waals surface area contributed by atoms with E-state index >= 15 is 0 Å². The van der Waals surface area contributed by atoms with Crippen LogP contribution in [0.4, 0.5) is 25.8 Å². The highest BCUT2D eigenvalue weighted by Gasteiger charge is 2.22. The molecular formula is C23H25F2N5O2. The number of rotatable bonds is 6. The summed E-state index contributed by atoms with van der Waals surface area (Å²) >= 11 is 0. The van der Waals surface area contributed by atoms with Gasteiger partial charge >= 0.3 is 0 Å². The molecule has 0 bridgehead atoms. The number of piperazine rings is 1. The Morgan fingerprint density at radius 3 is 2.59 bits per heavy atom. The molecule has 1 saturated heterocycles. The lowest BCUT2D eigenvalue weighted by atomic mass is 10.1. The van der Waals surface area contributed by atoms with Gasteiger partial charge < -0.3 is 25.6 Å². The van der Waals surface area contributed by atoms with Crippen LogP contribution in [-0.4, -0.2) is 55.6 Å². The highest BCUT2D eigenvalue weighted by Crippen LogP contribution is 2.38. The second-order valence-electron chi connectivity index (χ2n) is 7.72. The Morgan fingerprint density at radius 2 is 1.94 bits per heavy atom. The Labute approximate surface area is 184 Å². The highest BCUT2D eigenvalue weighted by atomic mass is 19.1. The zero-order chi connectivity index (χ0) is 22.8. The highest BCUT2D eigenvalue weighted by molar-refractivity contribution is 6.08. The Hall–Kier alpha value is -3.46. The molecule has 1 aliphatic rings. The summed E-state index contributed by atoms with van der Waals surface area (Å²) in [7, 11) is 2.07. The predicted octanol–water partition coefficient (Wildman–Crippen LogP) is 3.51. The summed E-state index contributed by atoms with van der Waals surface area (Å²) in [6, 6.07) is 6.88. The van der Waals surface area contributed by atoms with Crippen LogP contribution in [0.2, 0.25) is 0 Å². The van der Waals surface area contributed by atoms with Gasteiger partial charge in [0.25, 0.3) is 5.91 Å². The summed E-state index contributed by atoms with van der Waals surface area (Å²) in [5.74, 6) is -1.50. The van der Waals surface area contributed by atoms with Gasteiger partial charge in [0.15, 0.2) is 0 Å². The van der Waals surface area contributed by atoms with Crippen molar-refractivity contribution in [1.82, 2.24) is 9.88 Å². The van der Waals surface area contributed by atoms with Crippen LogP contribution < -0.4 is 20.7 Å². The summed E-state index contributed by atoms with van der Waals surface area (Å²) in [5, 5.41) is 3.52. The number of pyridine rings is 1. The SMILES string of the molecule is CCOc1cc2ncc(C(N)=O)c(Nc3ccc(F)cc3F)c2cc1N1CCN(C)CC1. The number of fused-ring (bicyclic) bond motifs is 1. The maximum atomic E-state index is 14.4. The first kappa shape index (κ1) is 21.8. The molecule has 32 heavy (non-hydrogen) atoms. The first-order valence-electron chi connectivity index (χ1n) is 10.4. The number of aromatic nitrogens is 1. The molecule has 9 heteroatoms. The molecule has 0 aliphatic carbocycles. The van der Waals surface area contributed by atoms with Gasteiger partial charge in [0, 0.05) is 49.9 Å². The second kappa shape index (κ2) is 8.96. The number of hydrogen-bond donors (Lipinski definition) is 2. The van der Waals surface area contributed by atoms with Gasteiger partial charge in [-0.25, -0.2) is 8.78 Å². The molecule has 1 amide bonds. The summed E-state index contributed by atoms with van der Waals surface area (Å²) in [6.07, 6.45) is 1.35. The fraction of sp³-hybridized carbons (Fsp3) is 0.304. The summed E-state index contributed by atoms with van der Waals surface area (Å²) in [4.78, 5) is 21.0. The molecule has 1 aromatic heterocycles. The fourth-order valence-electron chi connectivity index (χ4n) is 3.82. The third kappa shape index (κ3) is 4.29. The molecule has 0 saturated carbocycles. The van der Waals surface area contributed by atoms with Gasteiger partial charge in [-0.3, -0.25) is 9.78 Å². The van der Waals surface area contributed by atoms with Gasteiger partial charge in [-0.2, -0.15) is 0 Å². The van der Waals surface area contributed by atoms with Crippen molar-refractivity contribution in [2.45, 2.75) is 6.92 Å². The summed E-state index contributed by atoms with van der Waals surface area (Å²) in [6.45, 7) is 5.80. The van der Waals surface area contributed by atoms with Gasteiger partial charge in [-0.1, -0.05) is 0 Å². The van der Waals surface area contributed by atoms with Crippen molar-refractivity contribution in [1.29, 1.82) is 0 Å². The zero-order valence-electron chi connectivity index (χ0n) is 18.0. The Morgan fingerprint density at radius 1 is 1.19 bits per heavy atom. The number of anilines is 3. The van der Waals surface area contributed by atoms with Crippen LogP contribution in [0.5, 0.6) is 5.75 Å². The minimum atomic E-state index is -0.782. The van der Waals surface area contributed by atoms with Crippen molar-refractivity contribution in [3.05, 3.63) is 53.7 Å². The first-order chi connectivity index (χ1) is 15.4. The quantitative estimate of drug-likeness (QED) is 0.609. The minimum Gasteiger partial charge on any atom is -0.492 e. The number of likely N-dealkylation sites (N-methyl/N-ethyl adjacent to an activating group) is 1. The van der Waals surface area contributed by atoms with E-state index in [1.807, 2.05) is 19.1 Å². The van der Waals surface area contributed by atoms with E-state index in [4.69, 9.17) is 10.5 Å². The fourth-order valence-corrected chi connectivity index (χ4v) is 3.82. The third-order valence-electron chi connectivity index (χ3n) is 5.55. The number of ether oxygens (including phenoxy) is 1. The van der Waals surface area contributed by atoms with E-state index in [1.165, 1.54) is 12.3 Å². The van der Waals surface area contributed by atoms with Crippen molar-refractivity contribution in [2.24, 2.45) is 5.73 Å². The van der Waals surface area contributed by atoms with Crippen LogP contribution in [0.1, 0.15) is 17.3 Å². The molecule has 0 unspecified atom stereocenters. The Bertz CT molecular complexity index is 1160. The maximum Gasteiger partial charge on any atom is 0.252 e. The lowest BCUT2D eigenvalue weighted by Gasteiger charge is -2.35. The van der Waals surface area contributed by atoms with Crippen molar-refractivity contribution in [3.8, 4) is 5.75 Å². The Balaban J connectivity index is 1.88. The van der Waals surface area contributed by atoms with E-state index in [0.29, 0.717) is 28.9 Å². The Kier molecular flexibility index (Phi) is 6.09. The molecule has 3 aromatic rings. The van der Waals surface area contributed by atoms with E-state index in [9.17, 15) is 13.6 Å². The molecule has 168 valence electrons. The number of halogens is 2. The van der Waals surface area contributed by atoms with Gasteiger partial charge in [0.1, 0.15) is 17.4 Å². The molecule has 2 heterocycles. The van der Waals surface area contributed by atoms with Gasteiger partial charge in [0.05, 0.1) is 34.7 Å². The molecule has 3 N–H and O–H groups in total. The van der Waals surface area contributed by atoms with Crippen LogP contribution in [0.3, 0.4) is 0 Å². The largest absolute Gasteiger partial charge is 0.492 e. The molecule has 2 aromatic carbocycles. The predicted molar refractivity (Wildman–Crippen MR) is 121 cm³/mol. The van der Waals surface area contributed by atoms with Gasteiger partial charge in [-0.15, -0.1) is 0 Å². The number of primary amides is 1. The average Bonchev–Trinajstić information content (AvgIpc) is 2.76. The number of carbonyl (C=O) groups excluding carboxylic acids is 1. The maximum absolute atomic E-state index is 14.4. The van der Waals surface area contributed by atoms with Gasteiger partial charge in [0.2, 0.25) is 0 Å². The zero-order valence-corrected chi connectivity index (χ0v) is 18.0. The van der Waals surface area contributed by atoms with E-state index in [-0.39, 0.29) is 11.3 Å². The monoisotopic (exact) mass is 441 g/mol. The van der Waals surface area contributed by atoms with E-state index in [2.05, 4.69) is 27.1 Å². The van der Waals surface area contributed by atoms with Gasteiger partial charge in [-0.05, 0) is 32.2 Å². The number of carbonyl (C=O) groups is 1. The average molecular weight is 441 g/mol.